The number of hydrogen-bond donors (Lipinski definition) is 0. The molecule has 0 atom stereocenters. The molecule has 0 heterocycles. The van der Waals surface area contributed by atoms with Crippen molar-refractivity contribution >= 4 is 0 Å². The van der Waals surface area contributed by atoms with Gasteiger partial charge < -0.3 is 9.47 Å². The molecule has 0 saturated heterocycles. The molecule has 0 unspecified atom stereocenters. The predicted octanol–water partition coefficient (Wildman–Crippen LogP) is 9.64. The first-order chi connectivity index (χ1) is 16.5. The maximum Gasteiger partial charge on any atom is 0.122 e. The molecule has 0 aromatic heterocycles. The zero-order chi connectivity index (χ0) is 24.8. The van der Waals surface area contributed by atoms with E-state index in [2.05, 4.69) is 64.1 Å². The van der Waals surface area contributed by atoms with Crippen LogP contribution in [0.5, 0.6) is 11.5 Å². The summed E-state index contributed by atoms with van der Waals surface area (Å²) >= 11 is 0. The lowest BCUT2D eigenvalue weighted by Crippen LogP contribution is -1.96. The SMILES string of the molecule is COc1ccc(CCCCCCCCCCCCc2ccc(OC)c(C(C)C)c2)cc1C(C)C. The first kappa shape index (κ1) is 28.3. The van der Waals surface area contributed by atoms with Crippen molar-refractivity contribution in [2.45, 2.75) is 117 Å². The molecule has 0 saturated carbocycles. The summed E-state index contributed by atoms with van der Waals surface area (Å²) in [4.78, 5) is 0. The van der Waals surface area contributed by atoms with Gasteiger partial charge in [0.2, 0.25) is 0 Å². The molecular formula is C32H50O2. The van der Waals surface area contributed by atoms with Crippen molar-refractivity contribution in [1.29, 1.82) is 0 Å². The van der Waals surface area contributed by atoms with E-state index in [-0.39, 0.29) is 0 Å². The highest BCUT2D eigenvalue weighted by atomic mass is 16.5. The fourth-order valence-corrected chi connectivity index (χ4v) is 4.85. The van der Waals surface area contributed by atoms with Crippen molar-refractivity contribution in [2.75, 3.05) is 14.2 Å². The Morgan fingerprint density at radius 2 is 0.824 bits per heavy atom. The minimum atomic E-state index is 0.509. The second-order valence-electron chi connectivity index (χ2n) is 10.5. The molecule has 0 N–H and O–H groups in total. The third-order valence-corrected chi connectivity index (χ3v) is 7.01. The molecule has 34 heavy (non-hydrogen) atoms. The van der Waals surface area contributed by atoms with Crippen molar-refractivity contribution in [3.05, 3.63) is 58.7 Å². The molecule has 2 aromatic rings. The number of aryl methyl sites for hydroxylation is 2. The molecule has 0 amide bonds. The lowest BCUT2D eigenvalue weighted by Gasteiger charge is -2.13. The summed E-state index contributed by atoms with van der Waals surface area (Å²) in [6, 6.07) is 13.5. The van der Waals surface area contributed by atoms with Crippen LogP contribution in [0.3, 0.4) is 0 Å². The van der Waals surface area contributed by atoms with Crippen LogP contribution in [0.15, 0.2) is 36.4 Å². The first-order valence-electron chi connectivity index (χ1n) is 13.8. The fourth-order valence-electron chi connectivity index (χ4n) is 4.85. The Kier molecular flexibility index (Phi) is 13.2. The molecule has 0 spiro atoms. The van der Waals surface area contributed by atoms with Crippen molar-refractivity contribution in [3.63, 3.8) is 0 Å². The van der Waals surface area contributed by atoms with Gasteiger partial charge in [0, 0.05) is 0 Å². The van der Waals surface area contributed by atoms with Crippen LogP contribution in [0.25, 0.3) is 0 Å². The topological polar surface area (TPSA) is 18.5 Å². The van der Waals surface area contributed by atoms with Crippen molar-refractivity contribution in [1.82, 2.24) is 0 Å². The van der Waals surface area contributed by atoms with Crippen molar-refractivity contribution < 1.29 is 9.47 Å². The van der Waals surface area contributed by atoms with Crippen LogP contribution < -0.4 is 9.47 Å². The van der Waals surface area contributed by atoms with E-state index in [0.29, 0.717) is 11.8 Å². The number of ether oxygens (including phenoxy) is 2. The first-order valence-corrected chi connectivity index (χ1v) is 13.8. The van der Waals surface area contributed by atoms with Crippen LogP contribution in [-0.2, 0) is 12.8 Å². The van der Waals surface area contributed by atoms with E-state index in [1.54, 1.807) is 14.2 Å². The van der Waals surface area contributed by atoms with Crippen LogP contribution >= 0.6 is 0 Å². The van der Waals surface area contributed by atoms with Gasteiger partial charge in [0.1, 0.15) is 11.5 Å². The average molecular weight is 467 g/mol. The Labute approximate surface area is 210 Å². The Balaban J connectivity index is 1.49. The second kappa shape index (κ2) is 15.8. The zero-order valence-corrected chi connectivity index (χ0v) is 22.9. The maximum absolute atomic E-state index is 5.51. The van der Waals surface area contributed by atoms with E-state index < -0.39 is 0 Å². The lowest BCUT2D eigenvalue weighted by atomic mass is 9.96. The number of benzene rings is 2. The summed E-state index contributed by atoms with van der Waals surface area (Å²) in [5, 5.41) is 0. The number of hydrogen-bond acceptors (Lipinski definition) is 2. The quantitative estimate of drug-likeness (QED) is 0.216. The molecule has 0 fully saturated rings. The summed E-state index contributed by atoms with van der Waals surface area (Å²) in [5.41, 5.74) is 5.59. The Morgan fingerprint density at radius 1 is 0.500 bits per heavy atom. The number of methoxy groups -OCH3 is 2. The van der Waals surface area contributed by atoms with Crippen molar-refractivity contribution in [2.24, 2.45) is 0 Å². The number of rotatable bonds is 17. The van der Waals surface area contributed by atoms with E-state index in [1.807, 2.05) is 0 Å². The van der Waals surface area contributed by atoms with Gasteiger partial charge in [-0.05, 0) is 71.9 Å². The molecule has 2 aromatic carbocycles. The van der Waals surface area contributed by atoms with Gasteiger partial charge in [0.05, 0.1) is 14.2 Å². The van der Waals surface area contributed by atoms with Crippen LogP contribution in [0.1, 0.15) is 126 Å². The molecule has 2 nitrogen and oxygen atoms in total. The fraction of sp³-hybridized carbons (Fsp3) is 0.625. The predicted molar refractivity (Wildman–Crippen MR) is 148 cm³/mol. The average Bonchev–Trinajstić information content (AvgIpc) is 2.84. The summed E-state index contributed by atoms with van der Waals surface area (Å²) in [7, 11) is 3.54. The Bertz CT molecular complexity index is 752. The Morgan fingerprint density at radius 3 is 1.12 bits per heavy atom. The standard InChI is InChI=1S/C32H50O2/c1-25(2)29-23-27(19-21-31(29)33-5)17-15-13-11-9-7-8-10-12-14-16-18-28-20-22-32(34-6)30(24-28)26(3)4/h19-26H,7-18H2,1-6H3. The van der Waals surface area contributed by atoms with Crippen molar-refractivity contribution in [3.8, 4) is 11.5 Å². The second-order valence-corrected chi connectivity index (χ2v) is 10.5. The smallest absolute Gasteiger partial charge is 0.122 e. The molecule has 2 rings (SSSR count). The lowest BCUT2D eigenvalue weighted by molar-refractivity contribution is 0.407. The van der Waals surface area contributed by atoms with Crippen LogP contribution in [-0.4, -0.2) is 14.2 Å². The van der Waals surface area contributed by atoms with Gasteiger partial charge >= 0.3 is 0 Å². The van der Waals surface area contributed by atoms with E-state index >= 15 is 0 Å². The third-order valence-electron chi connectivity index (χ3n) is 7.01. The molecule has 0 aliphatic heterocycles. The molecular weight excluding hydrogens is 416 g/mol. The minimum Gasteiger partial charge on any atom is -0.496 e. The van der Waals surface area contributed by atoms with Gasteiger partial charge in [-0.3, -0.25) is 0 Å². The number of unbranched alkanes of at least 4 members (excludes halogenated alkanes) is 9. The third kappa shape index (κ3) is 9.72. The molecule has 190 valence electrons. The summed E-state index contributed by atoms with van der Waals surface area (Å²) in [6.45, 7) is 8.96. The van der Waals surface area contributed by atoms with Gasteiger partial charge in [-0.15, -0.1) is 0 Å². The largest absolute Gasteiger partial charge is 0.496 e. The molecule has 0 bridgehead atoms. The summed E-state index contributed by atoms with van der Waals surface area (Å²) in [5.74, 6) is 3.07. The molecule has 2 heteroatoms. The van der Waals surface area contributed by atoms with Gasteiger partial charge in [-0.1, -0.05) is 103 Å². The Hall–Kier alpha value is -1.96. The normalized spacial score (nSPS) is 11.4. The molecule has 0 aliphatic carbocycles. The highest BCUT2D eigenvalue weighted by Gasteiger charge is 2.09. The highest BCUT2D eigenvalue weighted by Crippen LogP contribution is 2.29. The van der Waals surface area contributed by atoms with Crippen LogP contribution in [0.2, 0.25) is 0 Å². The monoisotopic (exact) mass is 466 g/mol. The van der Waals surface area contributed by atoms with Crippen LogP contribution in [0.4, 0.5) is 0 Å². The van der Waals surface area contributed by atoms with Gasteiger partial charge in [0.25, 0.3) is 0 Å². The highest BCUT2D eigenvalue weighted by molar-refractivity contribution is 5.40. The summed E-state index contributed by atoms with van der Waals surface area (Å²) < 4.78 is 11.0. The van der Waals surface area contributed by atoms with E-state index in [9.17, 15) is 0 Å². The van der Waals surface area contributed by atoms with E-state index in [1.165, 1.54) is 99.3 Å². The van der Waals surface area contributed by atoms with E-state index in [0.717, 1.165) is 11.5 Å². The molecule has 0 aliphatic rings. The van der Waals surface area contributed by atoms with Gasteiger partial charge in [-0.25, -0.2) is 0 Å². The minimum absolute atomic E-state index is 0.509. The van der Waals surface area contributed by atoms with Gasteiger partial charge in [-0.2, -0.15) is 0 Å². The molecule has 0 radical (unpaired) electrons. The maximum atomic E-state index is 5.51. The summed E-state index contributed by atoms with van der Waals surface area (Å²) in [6.07, 6.45) is 16.0. The zero-order valence-electron chi connectivity index (χ0n) is 22.9. The van der Waals surface area contributed by atoms with Crippen LogP contribution in [0, 0.1) is 0 Å². The van der Waals surface area contributed by atoms with Gasteiger partial charge in [0.15, 0.2) is 0 Å². The van der Waals surface area contributed by atoms with E-state index in [4.69, 9.17) is 9.47 Å².